The molecule has 0 N–H and O–H groups in total. The predicted octanol–water partition coefficient (Wildman–Crippen LogP) is 4.27. The first kappa shape index (κ1) is 18.8. The van der Waals surface area contributed by atoms with Gasteiger partial charge in [-0.05, 0) is 51.5 Å². The van der Waals surface area contributed by atoms with E-state index in [-0.39, 0.29) is 22.9 Å². The third-order valence-corrected chi connectivity index (χ3v) is 5.07. The van der Waals surface area contributed by atoms with Gasteiger partial charge in [0, 0.05) is 25.2 Å². The summed E-state index contributed by atoms with van der Waals surface area (Å²) in [6.07, 6.45) is 1.40. The lowest BCUT2D eigenvalue weighted by molar-refractivity contribution is -0.384. The highest BCUT2D eigenvalue weighted by atomic mass is 35.5. The van der Waals surface area contributed by atoms with E-state index >= 15 is 0 Å². The van der Waals surface area contributed by atoms with Crippen LogP contribution in [-0.2, 0) is 4.74 Å². The van der Waals surface area contributed by atoms with Crippen LogP contribution in [0.3, 0.4) is 0 Å². The van der Waals surface area contributed by atoms with Gasteiger partial charge in [0.2, 0.25) is 0 Å². The van der Waals surface area contributed by atoms with E-state index in [1.54, 1.807) is 11.0 Å². The van der Waals surface area contributed by atoms with Gasteiger partial charge in [0.05, 0.1) is 16.0 Å². The molecule has 7 nitrogen and oxygen atoms in total. The standard InChI is InChI=1S/C18H23ClN2O5/c1-18(2,3)26-17(22)20-9-11-6-14(7-12(11)10-20)25-16-5-4-13(21(23)24)8-15(16)19/h4-5,8,11-12,14H,6-7,9-10H2,1-3H3. The third kappa shape index (κ3) is 4.20. The van der Waals surface area contributed by atoms with Crippen LogP contribution in [0.1, 0.15) is 33.6 Å². The van der Waals surface area contributed by atoms with Crippen molar-refractivity contribution in [3.63, 3.8) is 0 Å². The summed E-state index contributed by atoms with van der Waals surface area (Å²) in [6, 6.07) is 4.24. The number of hydrogen-bond acceptors (Lipinski definition) is 5. The number of carbonyl (C=O) groups excluding carboxylic acids is 1. The number of amides is 1. The number of nitro groups is 1. The molecule has 26 heavy (non-hydrogen) atoms. The Morgan fingerprint density at radius 3 is 2.38 bits per heavy atom. The van der Waals surface area contributed by atoms with E-state index in [1.165, 1.54) is 12.1 Å². The molecule has 1 aliphatic carbocycles. The minimum absolute atomic E-state index is 0.00439. The average Bonchev–Trinajstić information content (AvgIpc) is 3.05. The lowest BCUT2D eigenvalue weighted by Gasteiger charge is -2.25. The van der Waals surface area contributed by atoms with Crippen LogP contribution in [0, 0.1) is 22.0 Å². The molecule has 1 saturated heterocycles. The van der Waals surface area contributed by atoms with Crippen LogP contribution in [0.25, 0.3) is 0 Å². The Balaban J connectivity index is 1.55. The highest BCUT2D eigenvalue weighted by molar-refractivity contribution is 6.32. The Morgan fingerprint density at radius 1 is 1.27 bits per heavy atom. The molecule has 1 aromatic rings. The van der Waals surface area contributed by atoms with Gasteiger partial charge < -0.3 is 14.4 Å². The van der Waals surface area contributed by atoms with E-state index in [9.17, 15) is 14.9 Å². The zero-order chi connectivity index (χ0) is 19.1. The van der Waals surface area contributed by atoms with Crippen molar-refractivity contribution in [3.05, 3.63) is 33.3 Å². The van der Waals surface area contributed by atoms with Crippen LogP contribution in [-0.4, -0.2) is 40.7 Å². The number of nitrogens with zero attached hydrogens (tertiary/aromatic N) is 2. The monoisotopic (exact) mass is 382 g/mol. The van der Waals surface area contributed by atoms with Crippen LogP contribution in [0.15, 0.2) is 18.2 Å². The molecule has 1 heterocycles. The first-order chi connectivity index (χ1) is 12.1. The minimum Gasteiger partial charge on any atom is -0.489 e. The summed E-state index contributed by atoms with van der Waals surface area (Å²) < 4.78 is 11.4. The van der Waals surface area contributed by atoms with Crippen LogP contribution >= 0.6 is 11.6 Å². The second-order valence-corrected chi connectivity index (χ2v) is 8.40. The molecule has 2 fully saturated rings. The third-order valence-electron chi connectivity index (χ3n) is 4.78. The predicted molar refractivity (Wildman–Crippen MR) is 96.5 cm³/mol. The number of ether oxygens (including phenoxy) is 2. The molecule has 1 amide bonds. The van der Waals surface area contributed by atoms with Crippen LogP contribution in [0.4, 0.5) is 10.5 Å². The number of hydrogen-bond donors (Lipinski definition) is 0. The Hall–Kier alpha value is -2.02. The van der Waals surface area contributed by atoms with Gasteiger partial charge in [-0.25, -0.2) is 4.79 Å². The number of non-ortho nitro benzene ring substituents is 1. The van der Waals surface area contributed by atoms with Crippen molar-refractivity contribution in [3.8, 4) is 5.75 Å². The zero-order valence-electron chi connectivity index (χ0n) is 15.1. The zero-order valence-corrected chi connectivity index (χ0v) is 15.9. The van der Waals surface area contributed by atoms with Crippen molar-refractivity contribution >= 4 is 23.4 Å². The lowest BCUT2D eigenvalue weighted by Crippen LogP contribution is -2.36. The molecule has 1 aromatic carbocycles. The number of likely N-dealkylation sites (tertiary alicyclic amines) is 1. The highest BCUT2D eigenvalue weighted by Gasteiger charge is 2.44. The molecular weight excluding hydrogens is 360 g/mol. The molecule has 0 aromatic heterocycles. The molecule has 1 aliphatic heterocycles. The molecular formula is C18H23ClN2O5. The largest absolute Gasteiger partial charge is 0.489 e. The normalized spacial score (nSPS) is 25.1. The maximum absolute atomic E-state index is 12.2. The number of rotatable bonds is 3. The fourth-order valence-electron chi connectivity index (χ4n) is 3.69. The molecule has 2 unspecified atom stereocenters. The maximum Gasteiger partial charge on any atom is 0.410 e. The molecule has 0 spiro atoms. The molecule has 0 radical (unpaired) electrons. The van der Waals surface area contributed by atoms with Gasteiger partial charge in [-0.15, -0.1) is 0 Å². The van der Waals surface area contributed by atoms with E-state index in [2.05, 4.69) is 0 Å². The van der Waals surface area contributed by atoms with Gasteiger partial charge in [-0.1, -0.05) is 11.6 Å². The summed E-state index contributed by atoms with van der Waals surface area (Å²) in [5, 5.41) is 11.0. The molecule has 0 bridgehead atoms. The van der Waals surface area contributed by atoms with Gasteiger partial charge in [0.25, 0.3) is 5.69 Å². The highest BCUT2D eigenvalue weighted by Crippen LogP contribution is 2.41. The summed E-state index contributed by atoms with van der Waals surface area (Å²) in [7, 11) is 0. The van der Waals surface area contributed by atoms with Crippen LogP contribution in [0.5, 0.6) is 5.75 Å². The smallest absolute Gasteiger partial charge is 0.410 e. The van der Waals surface area contributed by atoms with Gasteiger partial charge >= 0.3 is 6.09 Å². The summed E-state index contributed by atoms with van der Waals surface area (Å²) in [4.78, 5) is 24.3. The summed E-state index contributed by atoms with van der Waals surface area (Å²) >= 11 is 6.10. The first-order valence-electron chi connectivity index (χ1n) is 8.71. The first-order valence-corrected chi connectivity index (χ1v) is 9.08. The van der Waals surface area contributed by atoms with Gasteiger partial charge in [0.1, 0.15) is 11.4 Å². The van der Waals surface area contributed by atoms with E-state index in [0.29, 0.717) is 30.7 Å². The van der Waals surface area contributed by atoms with Crippen molar-refractivity contribution in [2.45, 2.75) is 45.3 Å². The SMILES string of the molecule is CC(C)(C)OC(=O)N1CC2CC(Oc3ccc([N+](=O)[O-])cc3Cl)CC2C1. The lowest BCUT2D eigenvalue weighted by atomic mass is 10.0. The number of halogens is 1. The van der Waals surface area contributed by atoms with E-state index in [0.717, 1.165) is 12.8 Å². The van der Waals surface area contributed by atoms with Crippen molar-refractivity contribution < 1.29 is 19.2 Å². The molecule has 8 heteroatoms. The van der Waals surface area contributed by atoms with Crippen LogP contribution < -0.4 is 4.74 Å². The Bertz CT molecular complexity index is 704. The summed E-state index contributed by atoms with van der Waals surface area (Å²) in [6.45, 7) is 6.93. The number of fused-ring (bicyclic) bond motifs is 1. The quantitative estimate of drug-likeness (QED) is 0.575. The molecule has 2 atom stereocenters. The average molecular weight is 383 g/mol. The van der Waals surface area contributed by atoms with Crippen LogP contribution in [0.2, 0.25) is 5.02 Å². The fraction of sp³-hybridized carbons (Fsp3) is 0.611. The Labute approximate surface area is 157 Å². The Kier molecular flexibility index (Phi) is 5.01. The maximum atomic E-state index is 12.2. The molecule has 3 rings (SSSR count). The van der Waals surface area contributed by atoms with Gasteiger partial charge in [-0.3, -0.25) is 10.1 Å². The number of carbonyl (C=O) groups is 1. The second kappa shape index (κ2) is 6.95. The van der Waals surface area contributed by atoms with Crippen molar-refractivity contribution in [2.75, 3.05) is 13.1 Å². The molecule has 2 aliphatic rings. The van der Waals surface area contributed by atoms with Crippen molar-refractivity contribution in [1.82, 2.24) is 4.90 Å². The number of benzene rings is 1. The fourth-order valence-corrected chi connectivity index (χ4v) is 3.91. The topological polar surface area (TPSA) is 81.9 Å². The van der Waals surface area contributed by atoms with Crippen molar-refractivity contribution in [1.29, 1.82) is 0 Å². The second-order valence-electron chi connectivity index (χ2n) is 7.99. The molecule has 142 valence electrons. The van der Waals surface area contributed by atoms with Gasteiger partial charge in [0.15, 0.2) is 0 Å². The molecule has 1 saturated carbocycles. The van der Waals surface area contributed by atoms with Crippen molar-refractivity contribution in [2.24, 2.45) is 11.8 Å². The minimum atomic E-state index is -0.493. The number of nitro benzene ring substituents is 1. The van der Waals surface area contributed by atoms with E-state index in [1.807, 2.05) is 20.8 Å². The van der Waals surface area contributed by atoms with E-state index in [4.69, 9.17) is 21.1 Å². The summed E-state index contributed by atoms with van der Waals surface area (Å²) in [5.74, 6) is 1.22. The summed E-state index contributed by atoms with van der Waals surface area (Å²) in [5.41, 5.74) is -0.550. The Morgan fingerprint density at radius 2 is 1.88 bits per heavy atom. The van der Waals surface area contributed by atoms with E-state index < -0.39 is 10.5 Å². The van der Waals surface area contributed by atoms with Gasteiger partial charge in [-0.2, -0.15) is 0 Å².